The number of amides is 2. The molecule has 6 aromatic rings. The number of aliphatic hydroxyl groups is 1. The third kappa shape index (κ3) is 6.56. The summed E-state index contributed by atoms with van der Waals surface area (Å²) in [5, 5.41) is 22.7. The van der Waals surface area contributed by atoms with E-state index in [-0.39, 0.29) is 23.9 Å². The van der Waals surface area contributed by atoms with Gasteiger partial charge in [0.2, 0.25) is 17.8 Å². The monoisotopic (exact) mass is 834 g/mol. The number of carbonyl (C=O) groups excluding carboxylic acids is 2. The van der Waals surface area contributed by atoms with Crippen molar-refractivity contribution in [3.05, 3.63) is 111 Å². The predicted molar refractivity (Wildman–Crippen MR) is 232 cm³/mol. The quantitative estimate of drug-likeness (QED) is 0.118. The first-order valence-electron chi connectivity index (χ1n) is 22.1. The van der Waals surface area contributed by atoms with Gasteiger partial charge in [0.15, 0.2) is 17.0 Å². The largest absolute Gasteiger partial charge is 0.384 e. The van der Waals surface area contributed by atoms with Gasteiger partial charge in [0.05, 0.1) is 18.2 Å². The fraction of sp³-hybridized carbons (Fsp3) is 0.426. The molecule has 2 atom stereocenters. The molecular formula is C47H50N10O5. The van der Waals surface area contributed by atoms with Crippen molar-refractivity contribution in [1.82, 2.24) is 44.6 Å². The van der Waals surface area contributed by atoms with Gasteiger partial charge >= 0.3 is 0 Å². The van der Waals surface area contributed by atoms with Crippen LogP contribution in [0, 0.1) is 0 Å². The number of carbonyl (C=O) groups is 2. The van der Waals surface area contributed by atoms with Gasteiger partial charge in [-0.3, -0.25) is 29.5 Å². The number of nitrogens with zero attached hydrogens (tertiary/aromatic N) is 8. The number of allylic oxidation sites excluding steroid dienone is 1. The molecule has 11 rings (SSSR count). The van der Waals surface area contributed by atoms with Crippen LogP contribution in [0.5, 0.6) is 0 Å². The highest BCUT2D eigenvalue weighted by atomic mass is 16.5. The molecule has 2 aromatic carbocycles. The maximum Gasteiger partial charge on any atom is 0.278 e. The second-order valence-corrected chi connectivity index (χ2v) is 17.9. The molecule has 1 unspecified atom stereocenters. The Kier molecular flexibility index (Phi) is 9.47. The molecule has 15 heteroatoms. The lowest BCUT2D eigenvalue weighted by Gasteiger charge is -2.41. The van der Waals surface area contributed by atoms with E-state index in [1.165, 1.54) is 22.3 Å². The topological polar surface area (TPSA) is 177 Å². The molecule has 4 aromatic heterocycles. The van der Waals surface area contributed by atoms with Gasteiger partial charge < -0.3 is 14.9 Å². The average molecular weight is 835 g/mol. The molecule has 15 nitrogen and oxygen atoms in total. The predicted octanol–water partition coefficient (Wildman–Crippen LogP) is 5.80. The Bertz CT molecular complexity index is 2870. The highest BCUT2D eigenvalue weighted by molar-refractivity contribution is 6.02. The van der Waals surface area contributed by atoms with Gasteiger partial charge in [-0.15, -0.1) is 6.58 Å². The lowest BCUT2D eigenvalue weighted by Crippen LogP contribution is -2.44. The van der Waals surface area contributed by atoms with Gasteiger partial charge in [-0.05, 0) is 116 Å². The maximum absolute atomic E-state index is 13.6. The molecule has 5 aliphatic rings. The van der Waals surface area contributed by atoms with Crippen molar-refractivity contribution < 1.29 is 19.2 Å². The highest BCUT2D eigenvalue weighted by Crippen LogP contribution is 2.40. The molecule has 7 heterocycles. The smallest absolute Gasteiger partial charge is 0.278 e. The Labute approximate surface area is 357 Å². The number of piperidine rings is 1. The van der Waals surface area contributed by atoms with Crippen LogP contribution in [0.25, 0.3) is 27.8 Å². The van der Waals surface area contributed by atoms with E-state index in [1.54, 1.807) is 21.6 Å². The average Bonchev–Trinajstić information content (AvgIpc) is 4.05. The van der Waals surface area contributed by atoms with Gasteiger partial charge in [-0.2, -0.15) is 4.98 Å². The molecule has 3 N–H and O–H groups in total. The minimum Gasteiger partial charge on any atom is -0.384 e. The summed E-state index contributed by atoms with van der Waals surface area (Å²) in [5.74, 6) is -0.0944. The zero-order valence-electron chi connectivity index (χ0n) is 34.9. The zero-order chi connectivity index (χ0) is 42.3. The number of anilines is 2. The van der Waals surface area contributed by atoms with E-state index in [9.17, 15) is 19.5 Å². The van der Waals surface area contributed by atoms with Crippen LogP contribution in [0.4, 0.5) is 11.6 Å². The molecule has 1 saturated heterocycles. The number of rotatable bonds is 9. The summed E-state index contributed by atoms with van der Waals surface area (Å²) in [6.45, 7) is 9.81. The summed E-state index contributed by atoms with van der Waals surface area (Å²) < 4.78 is 9.00. The minimum absolute atomic E-state index is 0.231. The first-order valence-corrected chi connectivity index (χ1v) is 22.1. The molecule has 3 aliphatic heterocycles. The van der Waals surface area contributed by atoms with Crippen molar-refractivity contribution in [1.29, 1.82) is 0 Å². The summed E-state index contributed by atoms with van der Waals surface area (Å²) in [7, 11) is 0. The van der Waals surface area contributed by atoms with Gasteiger partial charge in [0, 0.05) is 62.0 Å². The van der Waals surface area contributed by atoms with Crippen LogP contribution < -0.4 is 16.2 Å². The van der Waals surface area contributed by atoms with E-state index in [0.29, 0.717) is 77.5 Å². The number of aryl methyl sites for hydroxylation is 1. The van der Waals surface area contributed by atoms with Crippen LogP contribution in [0.2, 0.25) is 0 Å². The number of hydrogen-bond donors (Lipinski definition) is 3. The van der Waals surface area contributed by atoms with Crippen LogP contribution in [-0.2, 0) is 54.2 Å². The molecule has 2 aliphatic carbocycles. The number of hydrogen-bond acceptors (Lipinski definition) is 12. The number of aromatic nitrogens is 6. The molecule has 1 saturated carbocycles. The SMILES string of the molecule is C=CCn1c(=O)c2cnc(Nc3ccc4c(c3)CCN([C@H]3CC[C@H](N5Cc6cc7onc(C8CCC(=O)NC8=O)c7cc6C5)CC3)C4)nc2n1-c1ccc2c(n1)[C@@](O)(CC)CC2. The minimum atomic E-state index is -0.991. The lowest BCUT2D eigenvalue weighted by molar-refractivity contribution is -0.134. The molecule has 62 heavy (non-hydrogen) atoms. The first-order chi connectivity index (χ1) is 30.2. The van der Waals surface area contributed by atoms with Crippen LogP contribution in [-0.4, -0.2) is 74.8 Å². The van der Waals surface area contributed by atoms with Gasteiger partial charge in [0.25, 0.3) is 5.56 Å². The molecule has 0 radical (unpaired) electrons. The molecule has 0 bridgehead atoms. The lowest BCUT2D eigenvalue weighted by atomic mass is 9.87. The van der Waals surface area contributed by atoms with Gasteiger partial charge in [-0.25, -0.2) is 19.3 Å². The van der Waals surface area contributed by atoms with Crippen molar-refractivity contribution in [2.24, 2.45) is 0 Å². The van der Waals surface area contributed by atoms with Crippen molar-refractivity contribution in [3.63, 3.8) is 0 Å². The molecule has 2 amide bonds. The number of pyridine rings is 1. The molecule has 0 spiro atoms. The maximum atomic E-state index is 13.6. The number of nitrogens with one attached hydrogen (secondary N) is 2. The Hall–Kier alpha value is -6.03. The number of imide groups is 1. The number of fused-ring (bicyclic) bond motifs is 5. The van der Waals surface area contributed by atoms with Crippen LogP contribution in [0.15, 0.2) is 70.6 Å². The molecular weight excluding hydrogens is 785 g/mol. The van der Waals surface area contributed by atoms with Gasteiger partial charge in [0.1, 0.15) is 16.7 Å². The molecule has 318 valence electrons. The summed E-state index contributed by atoms with van der Waals surface area (Å²) in [5.41, 5.74) is 8.33. The van der Waals surface area contributed by atoms with E-state index < -0.39 is 11.5 Å². The second kappa shape index (κ2) is 15.1. The van der Waals surface area contributed by atoms with E-state index in [4.69, 9.17) is 14.5 Å². The van der Waals surface area contributed by atoms with Crippen LogP contribution in [0.1, 0.15) is 103 Å². The number of benzene rings is 2. The van der Waals surface area contributed by atoms with Crippen LogP contribution in [0.3, 0.4) is 0 Å². The Morgan fingerprint density at radius 2 is 1.66 bits per heavy atom. The first kappa shape index (κ1) is 38.9. The fourth-order valence-corrected chi connectivity index (χ4v) is 10.8. The normalized spacial score (nSPS) is 24.0. The van der Waals surface area contributed by atoms with Gasteiger partial charge in [-0.1, -0.05) is 30.3 Å². The third-order valence-electron chi connectivity index (χ3n) is 14.3. The van der Waals surface area contributed by atoms with Crippen molar-refractivity contribution >= 4 is 45.5 Å². The summed E-state index contributed by atoms with van der Waals surface area (Å²) in [6, 6.07) is 15.7. The van der Waals surface area contributed by atoms with E-state index in [1.807, 2.05) is 19.1 Å². The Morgan fingerprint density at radius 1 is 0.887 bits per heavy atom. The summed E-state index contributed by atoms with van der Waals surface area (Å²) in [4.78, 5) is 57.6. The zero-order valence-corrected chi connectivity index (χ0v) is 34.9. The Balaban J connectivity index is 0.747. The Morgan fingerprint density at radius 3 is 2.45 bits per heavy atom. The van der Waals surface area contributed by atoms with E-state index in [2.05, 4.69) is 67.5 Å². The van der Waals surface area contributed by atoms with Crippen molar-refractivity contribution in [2.45, 2.75) is 121 Å². The standard InChI is InChI=1S/C47H50N10O5/c1-3-18-56-45(60)37-23-48-46(52-43(37)57(56)39-13-6-27-15-17-47(61,4-2)42(27)50-39)49-32-7-5-29-24-54(19-16-28(29)20-32)33-8-10-34(11-9-33)55-25-30-21-36-38(22-31(30)26-55)62-53-41(36)35-12-14-40(58)51-44(35)59/h3,5-7,13,20-23,33-35,61H,1,4,8-12,14-19,24-26H2,2H3,(H,48,49,52)(H,51,58,59)/t33-,34-,35?,47-/m1/s1. The summed E-state index contributed by atoms with van der Waals surface area (Å²) >= 11 is 0. The van der Waals surface area contributed by atoms with Crippen LogP contribution >= 0.6 is 0 Å². The van der Waals surface area contributed by atoms with E-state index in [0.717, 1.165) is 81.3 Å². The van der Waals surface area contributed by atoms with E-state index >= 15 is 0 Å². The fourth-order valence-electron chi connectivity index (χ4n) is 10.8. The molecule has 2 fully saturated rings. The second-order valence-electron chi connectivity index (χ2n) is 17.9. The highest BCUT2D eigenvalue weighted by Gasteiger charge is 2.38. The third-order valence-corrected chi connectivity index (χ3v) is 14.3. The summed E-state index contributed by atoms with van der Waals surface area (Å²) in [6.07, 6.45) is 11.6. The van der Waals surface area contributed by atoms with Crippen molar-refractivity contribution in [3.8, 4) is 5.82 Å². The van der Waals surface area contributed by atoms with Crippen molar-refractivity contribution in [2.75, 3.05) is 11.9 Å².